The standard InChI is InChI=1S/C25H22N4O6/c1-3-17-8-4-6-10-21(17)26-23(30)24(31)28-27-16(2)20-9-5-7-11-22(20)35-25(32)18-12-14-19(15-13-18)29(33)34/h4-15H,3H2,1-2H3,(H,26,30)(H,28,31). The number of non-ortho nitro benzene ring substituents is 1. The number of esters is 1. The van der Waals surface area contributed by atoms with E-state index in [1.54, 1.807) is 37.3 Å². The predicted octanol–water partition coefficient (Wildman–Crippen LogP) is 3.86. The molecular weight excluding hydrogens is 452 g/mol. The van der Waals surface area contributed by atoms with Crippen LogP contribution < -0.4 is 15.5 Å². The number of para-hydroxylation sites is 2. The van der Waals surface area contributed by atoms with Crippen LogP contribution in [0.3, 0.4) is 0 Å². The number of rotatable bonds is 7. The van der Waals surface area contributed by atoms with Crippen LogP contribution in [0.4, 0.5) is 11.4 Å². The summed E-state index contributed by atoms with van der Waals surface area (Å²) in [6.45, 7) is 3.51. The Morgan fingerprint density at radius 3 is 2.29 bits per heavy atom. The Bertz CT molecular complexity index is 1300. The first kappa shape index (κ1) is 24.8. The molecule has 178 valence electrons. The van der Waals surface area contributed by atoms with E-state index in [9.17, 15) is 24.5 Å². The Morgan fingerprint density at radius 2 is 1.60 bits per heavy atom. The van der Waals surface area contributed by atoms with Crippen molar-refractivity contribution in [3.63, 3.8) is 0 Å². The molecule has 0 saturated heterocycles. The summed E-state index contributed by atoms with van der Waals surface area (Å²) in [7, 11) is 0. The SMILES string of the molecule is CCc1ccccc1NC(=O)C(=O)NN=C(C)c1ccccc1OC(=O)c1ccc([N+](=O)[O-])cc1. The average Bonchev–Trinajstić information content (AvgIpc) is 2.87. The summed E-state index contributed by atoms with van der Waals surface area (Å²) in [6.07, 6.45) is 0.685. The molecule has 0 aliphatic heterocycles. The lowest BCUT2D eigenvalue weighted by Crippen LogP contribution is -2.33. The van der Waals surface area contributed by atoms with E-state index in [1.807, 2.05) is 19.1 Å². The minimum absolute atomic E-state index is 0.123. The molecule has 0 fully saturated rings. The van der Waals surface area contributed by atoms with Crippen molar-refractivity contribution >= 4 is 34.9 Å². The van der Waals surface area contributed by atoms with Gasteiger partial charge in [-0.15, -0.1) is 0 Å². The highest BCUT2D eigenvalue weighted by Crippen LogP contribution is 2.21. The highest BCUT2D eigenvalue weighted by molar-refractivity contribution is 6.39. The van der Waals surface area contributed by atoms with Crippen LogP contribution in [-0.4, -0.2) is 28.4 Å². The zero-order valence-electron chi connectivity index (χ0n) is 19.0. The third-order valence-electron chi connectivity index (χ3n) is 4.97. The molecule has 0 heterocycles. The van der Waals surface area contributed by atoms with Crippen molar-refractivity contribution in [3.8, 4) is 5.75 Å². The van der Waals surface area contributed by atoms with Gasteiger partial charge >= 0.3 is 17.8 Å². The van der Waals surface area contributed by atoms with Crippen LogP contribution >= 0.6 is 0 Å². The second-order valence-corrected chi connectivity index (χ2v) is 7.29. The minimum Gasteiger partial charge on any atom is -0.422 e. The van der Waals surface area contributed by atoms with Crippen molar-refractivity contribution in [1.29, 1.82) is 0 Å². The third-order valence-corrected chi connectivity index (χ3v) is 4.97. The second-order valence-electron chi connectivity index (χ2n) is 7.29. The molecule has 10 nitrogen and oxygen atoms in total. The third kappa shape index (κ3) is 6.35. The summed E-state index contributed by atoms with van der Waals surface area (Å²) < 4.78 is 5.43. The number of nitro groups is 1. The molecule has 0 aliphatic carbocycles. The molecule has 0 bridgehead atoms. The lowest BCUT2D eigenvalue weighted by atomic mass is 10.1. The predicted molar refractivity (Wildman–Crippen MR) is 129 cm³/mol. The van der Waals surface area contributed by atoms with Crippen molar-refractivity contribution in [2.24, 2.45) is 5.10 Å². The monoisotopic (exact) mass is 474 g/mol. The number of amides is 2. The molecule has 35 heavy (non-hydrogen) atoms. The van der Waals surface area contributed by atoms with Gasteiger partial charge in [0, 0.05) is 23.4 Å². The van der Waals surface area contributed by atoms with Crippen molar-refractivity contribution in [2.45, 2.75) is 20.3 Å². The van der Waals surface area contributed by atoms with Crippen LogP contribution in [0.25, 0.3) is 0 Å². The molecule has 3 aromatic carbocycles. The molecule has 0 saturated carbocycles. The van der Waals surface area contributed by atoms with Crippen LogP contribution in [0.1, 0.15) is 35.3 Å². The zero-order chi connectivity index (χ0) is 25.4. The number of nitrogens with zero attached hydrogens (tertiary/aromatic N) is 2. The highest BCUT2D eigenvalue weighted by Gasteiger charge is 2.17. The van der Waals surface area contributed by atoms with Gasteiger partial charge in [0.2, 0.25) is 0 Å². The van der Waals surface area contributed by atoms with Gasteiger partial charge in [-0.2, -0.15) is 5.10 Å². The van der Waals surface area contributed by atoms with Crippen molar-refractivity contribution < 1.29 is 24.0 Å². The molecule has 0 aromatic heterocycles. The summed E-state index contributed by atoms with van der Waals surface area (Å²) in [5.74, 6) is -2.40. The molecule has 3 rings (SSSR count). The average molecular weight is 474 g/mol. The number of hydrogen-bond donors (Lipinski definition) is 2. The summed E-state index contributed by atoms with van der Waals surface area (Å²) in [4.78, 5) is 47.2. The van der Waals surface area contributed by atoms with Gasteiger partial charge in [-0.25, -0.2) is 10.2 Å². The van der Waals surface area contributed by atoms with E-state index in [0.29, 0.717) is 17.7 Å². The van der Waals surface area contributed by atoms with Gasteiger partial charge in [0.05, 0.1) is 16.2 Å². The molecule has 0 unspecified atom stereocenters. The topological polar surface area (TPSA) is 140 Å². The number of aryl methyl sites for hydroxylation is 1. The lowest BCUT2D eigenvalue weighted by molar-refractivity contribution is -0.384. The maximum absolute atomic E-state index is 12.5. The fourth-order valence-corrected chi connectivity index (χ4v) is 3.11. The number of benzene rings is 3. The summed E-state index contributed by atoms with van der Waals surface area (Å²) in [5, 5.41) is 17.3. The first-order valence-corrected chi connectivity index (χ1v) is 10.6. The molecule has 2 amide bonds. The maximum Gasteiger partial charge on any atom is 0.343 e. The van der Waals surface area contributed by atoms with Gasteiger partial charge in [0.25, 0.3) is 5.69 Å². The normalized spacial score (nSPS) is 10.9. The van der Waals surface area contributed by atoms with E-state index in [2.05, 4.69) is 15.8 Å². The summed E-state index contributed by atoms with van der Waals surface area (Å²) in [6, 6.07) is 18.6. The van der Waals surface area contributed by atoms with Gasteiger partial charge in [-0.05, 0) is 49.2 Å². The number of ether oxygens (including phenoxy) is 1. The Hall–Kier alpha value is -4.86. The Labute approximate surface area is 200 Å². The first-order valence-electron chi connectivity index (χ1n) is 10.6. The van der Waals surface area contributed by atoms with Crippen molar-refractivity contribution in [1.82, 2.24) is 5.43 Å². The second kappa shape index (κ2) is 11.3. The number of hydrazone groups is 1. The van der Waals surface area contributed by atoms with E-state index >= 15 is 0 Å². The van der Waals surface area contributed by atoms with Crippen LogP contribution in [0.2, 0.25) is 0 Å². The zero-order valence-corrected chi connectivity index (χ0v) is 19.0. The largest absolute Gasteiger partial charge is 0.422 e. The quantitative estimate of drug-likeness (QED) is 0.133. The molecule has 10 heteroatoms. The fourth-order valence-electron chi connectivity index (χ4n) is 3.11. The highest BCUT2D eigenvalue weighted by atomic mass is 16.6. The van der Waals surface area contributed by atoms with E-state index < -0.39 is 22.7 Å². The number of hydrogen-bond acceptors (Lipinski definition) is 7. The molecule has 0 aliphatic rings. The molecule has 0 atom stereocenters. The van der Waals surface area contributed by atoms with E-state index in [1.165, 1.54) is 30.3 Å². The van der Waals surface area contributed by atoms with Gasteiger partial charge < -0.3 is 10.1 Å². The Kier molecular flexibility index (Phi) is 8.02. The number of anilines is 1. The van der Waals surface area contributed by atoms with Gasteiger partial charge in [-0.1, -0.05) is 37.3 Å². The smallest absolute Gasteiger partial charge is 0.343 e. The van der Waals surface area contributed by atoms with Gasteiger partial charge in [0.15, 0.2) is 0 Å². The van der Waals surface area contributed by atoms with E-state index in [-0.39, 0.29) is 22.7 Å². The van der Waals surface area contributed by atoms with Crippen molar-refractivity contribution in [3.05, 3.63) is 99.6 Å². The number of carbonyl (C=O) groups excluding carboxylic acids is 3. The van der Waals surface area contributed by atoms with Crippen LogP contribution in [0.5, 0.6) is 5.75 Å². The molecule has 3 aromatic rings. The Balaban J connectivity index is 1.69. The molecule has 0 radical (unpaired) electrons. The van der Waals surface area contributed by atoms with Crippen LogP contribution in [-0.2, 0) is 16.0 Å². The van der Waals surface area contributed by atoms with E-state index in [0.717, 1.165) is 5.56 Å². The number of carbonyl (C=O) groups is 3. The number of nitrogens with one attached hydrogen (secondary N) is 2. The first-order chi connectivity index (χ1) is 16.8. The minimum atomic E-state index is -0.962. The maximum atomic E-state index is 12.5. The van der Waals surface area contributed by atoms with Crippen molar-refractivity contribution in [2.75, 3.05) is 5.32 Å². The van der Waals surface area contributed by atoms with Gasteiger partial charge in [-0.3, -0.25) is 19.7 Å². The van der Waals surface area contributed by atoms with Crippen LogP contribution in [0.15, 0.2) is 77.9 Å². The summed E-state index contributed by atoms with van der Waals surface area (Å²) in [5.41, 5.74) is 4.29. The molecule has 0 spiro atoms. The van der Waals surface area contributed by atoms with E-state index in [4.69, 9.17) is 4.74 Å². The number of nitro benzene ring substituents is 1. The van der Waals surface area contributed by atoms with Crippen LogP contribution in [0, 0.1) is 10.1 Å². The summed E-state index contributed by atoms with van der Waals surface area (Å²) >= 11 is 0. The molecular formula is C25H22N4O6. The fraction of sp³-hybridized carbons (Fsp3) is 0.120. The van der Waals surface area contributed by atoms with Gasteiger partial charge in [0.1, 0.15) is 5.75 Å². The Morgan fingerprint density at radius 1 is 0.943 bits per heavy atom. The lowest BCUT2D eigenvalue weighted by Gasteiger charge is -2.11. The molecule has 2 N–H and O–H groups in total.